The Hall–Kier alpha value is -4.28. The zero-order chi connectivity index (χ0) is 29.3. The van der Waals surface area contributed by atoms with Crippen molar-refractivity contribution in [2.24, 2.45) is 0 Å². The Balaban J connectivity index is 0.000000278. The predicted octanol–water partition coefficient (Wildman–Crippen LogP) is 5.97. The highest BCUT2D eigenvalue weighted by Crippen LogP contribution is 2.33. The van der Waals surface area contributed by atoms with E-state index in [2.05, 4.69) is 28.9 Å². The Kier molecular flexibility index (Phi) is 13.3. The zero-order valence-electron chi connectivity index (χ0n) is 24.2. The molecule has 0 saturated carbocycles. The molecule has 7 heteroatoms. The quantitative estimate of drug-likeness (QED) is 0.149. The Bertz CT molecular complexity index is 1290. The number of ether oxygens (including phenoxy) is 3. The molecule has 216 valence electrons. The van der Waals surface area contributed by atoms with Crippen molar-refractivity contribution in [2.45, 2.75) is 32.6 Å². The van der Waals surface area contributed by atoms with E-state index in [0.717, 1.165) is 68.1 Å². The number of para-hydroxylation sites is 2. The van der Waals surface area contributed by atoms with Crippen LogP contribution < -0.4 is 19.7 Å². The number of likely N-dealkylation sites (N-methyl/N-ethyl adjacent to an activating group) is 1. The first-order chi connectivity index (χ1) is 20.1. The number of rotatable bonds is 14. The molecule has 0 aliphatic carbocycles. The Morgan fingerprint density at radius 1 is 1.07 bits per heavy atom. The molecule has 3 aromatic rings. The van der Waals surface area contributed by atoms with Gasteiger partial charge in [-0.3, -0.25) is 0 Å². The highest BCUT2D eigenvalue weighted by Gasteiger charge is 2.23. The third-order valence-corrected chi connectivity index (χ3v) is 6.55. The second kappa shape index (κ2) is 17.4. The van der Waals surface area contributed by atoms with Crippen LogP contribution in [0.4, 0.5) is 5.69 Å². The number of benzene rings is 3. The molecule has 0 fully saturated rings. The molecule has 3 aromatic carbocycles. The number of carbonyl (C=O) groups excluding carboxylic acids is 1. The average Bonchev–Trinajstić information content (AvgIpc) is 3.42. The van der Waals surface area contributed by atoms with E-state index in [4.69, 9.17) is 14.2 Å². The summed E-state index contributed by atoms with van der Waals surface area (Å²) in [6.45, 7) is 9.93. The van der Waals surface area contributed by atoms with Crippen molar-refractivity contribution in [3.63, 3.8) is 0 Å². The highest BCUT2D eigenvalue weighted by molar-refractivity contribution is 5.89. The highest BCUT2D eigenvalue weighted by atomic mass is 16.5. The Morgan fingerprint density at radius 2 is 1.80 bits per heavy atom. The van der Waals surface area contributed by atoms with Gasteiger partial charge in [-0.2, -0.15) is 5.26 Å². The summed E-state index contributed by atoms with van der Waals surface area (Å²) in [6, 6.07) is 23.3. The molecule has 7 nitrogen and oxygen atoms in total. The molecule has 41 heavy (non-hydrogen) atoms. The number of nitriles is 1. The molecule has 0 unspecified atom stereocenters. The third-order valence-electron chi connectivity index (χ3n) is 6.55. The van der Waals surface area contributed by atoms with Crippen LogP contribution in [0.25, 0.3) is 0 Å². The predicted molar refractivity (Wildman–Crippen MR) is 164 cm³/mol. The normalized spacial score (nSPS) is 11.5. The van der Waals surface area contributed by atoms with E-state index in [1.165, 1.54) is 11.1 Å². The third kappa shape index (κ3) is 9.70. The van der Waals surface area contributed by atoms with Crippen LogP contribution in [0.15, 0.2) is 79.4 Å². The fraction of sp³-hybridized carbons (Fsp3) is 0.353. The van der Waals surface area contributed by atoms with E-state index in [1.54, 1.807) is 12.1 Å². The summed E-state index contributed by atoms with van der Waals surface area (Å²) in [5.41, 5.74) is 4.81. The number of anilines is 1. The molecule has 1 aliphatic heterocycles. The van der Waals surface area contributed by atoms with Crippen LogP contribution in [-0.4, -0.2) is 52.5 Å². The molecule has 0 amide bonds. The molecule has 0 atom stereocenters. The van der Waals surface area contributed by atoms with Crippen molar-refractivity contribution in [3.8, 4) is 17.6 Å². The lowest BCUT2D eigenvalue weighted by molar-refractivity contribution is 0.0502. The summed E-state index contributed by atoms with van der Waals surface area (Å²) < 4.78 is 16.3. The second-order valence-electron chi connectivity index (χ2n) is 9.51. The first kappa shape index (κ1) is 31.3. The lowest BCUT2D eigenvalue weighted by atomic mass is 10.0. The zero-order valence-corrected chi connectivity index (χ0v) is 24.2. The number of carbonyl (C=O) groups is 1. The van der Waals surface area contributed by atoms with Gasteiger partial charge in [0.1, 0.15) is 12.7 Å². The van der Waals surface area contributed by atoms with Crippen molar-refractivity contribution in [2.75, 3.05) is 51.4 Å². The van der Waals surface area contributed by atoms with Gasteiger partial charge in [0.15, 0.2) is 11.5 Å². The van der Waals surface area contributed by atoms with Crippen LogP contribution in [0.1, 0.15) is 46.8 Å². The van der Waals surface area contributed by atoms with Crippen LogP contribution in [0.3, 0.4) is 0 Å². The molecule has 4 rings (SSSR count). The standard InChI is InChI=1S/C23H24N2O2.C11H17NO2/c1-2-3-8-18-15-20-11-13-25(22(20)21(16-18)17-24)12-7-14-27-23(26)19-9-5-4-6-10-19;1-3-13-10-6-4-5-7-11(10)14-9-8-12-2/h2,4-6,9-10,15-16H,1,3,7-8,11-14H2;4-7,12H,3,8-9H2,1-2H3. The van der Waals surface area contributed by atoms with Crippen molar-refractivity contribution >= 4 is 11.7 Å². The van der Waals surface area contributed by atoms with Gasteiger partial charge >= 0.3 is 5.97 Å². The maximum Gasteiger partial charge on any atom is 0.338 e. The Labute approximate surface area is 244 Å². The second-order valence-corrected chi connectivity index (χ2v) is 9.51. The van der Waals surface area contributed by atoms with Crippen molar-refractivity contribution in [1.29, 1.82) is 5.26 Å². The van der Waals surface area contributed by atoms with E-state index in [9.17, 15) is 10.1 Å². The Morgan fingerprint density at radius 3 is 2.49 bits per heavy atom. The molecule has 0 radical (unpaired) electrons. The molecule has 0 saturated heterocycles. The minimum absolute atomic E-state index is 0.290. The molecule has 0 aromatic heterocycles. The van der Waals surface area contributed by atoms with Crippen LogP contribution in [-0.2, 0) is 17.6 Å². The molecule has 1 N–H and O–H groups in total. The molecule has 1 aliphatic rings. The lowest BCUT2D eigenvalue weighted by Crippen LogP contribution is -2.24. The minimum atomic E-state index is -0.290. The smallest absolute Gasteiger partial charge is 0.338 e. The van der Waals surface area contributed by atoms with Gasteiger partial charge in [-0.25, -0.2) is 4.79 Å². The number of nitrogens with one attached hydrogen (secondary N) is 1. The van der Waals surface area contributed by atoms with Crippen molar-refractivity contribution in [3.05, 3.63) is 102 Å². The van der Waals surface area contributed by atoms with Gasteiger partial charge in [0, 0.05) is 19.6 Å². The van der Waals surface area contributed by atoms with Crippen molar-refractivity contribution in [1.82, 2.24) is 5.32 Å². The number of esters is 1. The van der Waals surface area contributed by atoms with E-state index in [1.807, 2.05) is 68.6 Å². The summed E-state index contributed by atoms with van der Waals surface area (Å²) in [6.07, 6.45) is 5.43. The number of aryl methyl sites for hydroxylation is 1. The maximum atomic E-state index is 12.0. The van der Waals surface area contributed by atoms with Gasteiger partial charge in [-0.05, 0) is 81.1 Å². The number of nitrogens with zero attached hydrogens (tertiary/aromatic N) is 2. The van der Waals surface area contributed by atoms with Crippen molar-refractivity contribution < 1.29 is 19.0 Å². The van der Waals surface area contributed by atoms with Gasteiger partial charge in [-0.15, -0.1) is 6.58 Å². The number of fused-ring (bicyclic) bond motifs is 1. The van der Waals surface area contributed by atoms with Crippen LogP contribution in [0, 0.1) is 11.3 Å². The molecule has 1 heterocycles. The number of hydrogen-bond acceptors (Lipinski definition) is 7. The van der Waals surface area contributed by atoms with E-state index in [0.29, 0.717) is 25.4 Å². The fourth-order valence-electron chi connectivity index (χ4n) is 4.60. The summed E-state index contributed by atoms with van der Waals surface area (Å²) in [7, 11) is 1.90. The van der Waals surface area contributed by atoms with Gasteiger partial charge in [0.2, 0.25) is 0 Å². The summed E-state index contributed by atoms with van der Waals surface area (Å²) >= 11 is 0. The van der Waals surface area contributed by atoms with Gasteiger partial charge < -0.3 is 24.4 Å². The van der Waals surface area contributed by atoms with Gasteiger partial charge in [0.05, 0.1) is 30.0 Å². The van der Waals surface area contributed by atoms with Crippen LogP contribution in [0.2, 0.25) is 0 Å². The van der Waals surface area contributed by atoms with E-state index in [-0.39, 0.29) is 5.97 Å². The largest absolute Gasteiger partial charge is 0.490 e. The maximum absolute atomic E-state index is 12.0. The summed E-state index contributed by atoms with van der Waals surface area (Å²) in [5, 5.41) is 12.6. The van der Waals surface area contributed by atoms with Gasteiger partial charge in [0.25, 0.3) is 0 Å². The monoisotopic (exact) mass is 555 g/mol. The molecule has 0 spiro atoms. The fourth-order valence-corrected chi connectivity index (χ4v) is 4.60. The molecular weight excluding hydrogens is 514 g/mol. The molecule has 0 bridgehead atoms. The SMILES string of the molecule is C=CCCc1cc(C#N)c2c(c1)CCN2CCCOC(=O)c1ccccc1.CCOc1ccccc1OCCNC. The topological polar surface area (TPSA) is 83.8 Å². The van der Waals surface area contributed by atoms with Crippen LogP contribution >= 0.6 is 0 Å². The van der Waals surface area contributed by atoms with E-state index >= 15 is 0 Å². The first-order valence-electron chi connectivity index (χ1n) is 14.2. The first-order valence-corrected chi connectivity index (χ1v) is 14.2. The van der Waals surface area contributed by atoms with E-state index < -0.39 is 0 Å². The lowest BCUT2D eigenvalue weighted by Gasteiger charge is -2.20. The summed E-state index contributed by atoms with van der Waals surface area (Å²) in [4.78, 5) is 14.2. The number of allylic oxidation sites excluding steroid dienone is 1. The minimum Gasteiger partial charge on any atom is -0.490 e. The molecular formula is C34H41N3O4. The van der Waals surface area contributed by atoms with Gasteiger partial charge in [-0.1, -0.05) is 42.5 Å². The summed E-state index contributed by atoms with van der Waals surface area (Å²) in [5.74, 6) is 1.33. The number of hydrogen-bond donors (Lipinski definition) is 1. The van der Waals surface area contributed by atoms with Crippen LogP contribution in [0.5, 0.6) is 11.5 Å². The average molecular weight is 556 g/mol.